The molecule has 0 fully saturated rings. The lowest BCUT2D eigenvalue weighted by Crippen LogP contribution is -2.28. The lowest BCUT2D eigenvalue weighted by Gasteiger charge is -2.17. The van der Waals surface area contributed by atoms with Gasteiger partial charge in [-0.25, -0.2) is 4.79 Å². The number of anilines is 1. The van der Waals surface area contributed by atoms with Crippen molar-refractivity contribution in [2.24, 2.45) is 5.41 Å². The molecule has 0 aliphatic rings. The predicted molar refractivity (Wildman–Crippen MR) is 99.4 cm³/mol. The monoisotopic (exact) mass is 379 g/mol. The molecule has 0 atom stereocenters. The molecule has 0 saturated heterocycles. The Bertz CT molecular complexity index is 815. The average molecular weight is 379 g/mol. The van der Waals surface area contributed by atoms with E-state index in [1.807, 2.05) is 48.5 Å². The van der Waals surface area contributed by atoms with Crippen LogP contribution in [0.3, 0.4) is 0 Å². The zero-order valence-corrected chi connectivity index (χ0v) is 17.0. The smallest absolute Gasteiger partial charge is 0.341 e. The van der Waals surface area contributed by atoms with Crippen LogP contribution in [0.4, 0.5) is 5.00 Å². The van der Waals surface area contributed by atoms with Gasteiger partial charge in [0.1, 0.15) is 5.00 Å². The molecule has 0 spiro atoms. The van der Waals surface area contributed by atoms with E-state index in [-0.39, 0.29) is 24.3 Å². The van der Waals surface area contributed by atoms with Gasteiger partial charge in [0.05, 0.1) is 5.56 Å². The molecule has 0 aliphatic heterocycles. The summed E-state index contributed by atoms with van der Waals surface area (Å²) in [7, 11) is 0. The fraction of sp³-hybridized carbons (Fsp3) is 0.556. The van der Waals surface area contributed by atoms with Gasteiger partial charge < -0.3 is 14.6 Å². The standard InChI is InChI=1S/C18H25N3O4S/c1-9(2)14-19-12(25-21-14)8-24-16(22)13-10(3)11(4)26-15(13)20-17(23)18(5,6)7/h9H,8H2,1-7H3,(H,20,23). The molecular weight excluding hydrogens is 354 g/mol. The summed E-state index contributed by atoms with van der Waals surface area (Å²) in [5.41, 5.74) is 0.593. The van der Waals surface area contributed by atoms with Crippen LogP contribution in [0.5, 0.6) is 0 Å². The molecule has 2 rings (SSSR count). The van der Waals surface area contributed by atoms with Crippen LogP contribution in [0, 0.1) is 19.3 Å². The van der Waals surface area contributed by atoms with E-state index >= 15 is 0 Å². The van der Waals surface area contributed by atoms with Crippen LogP contribution in [-0.4, -0.2) is 22.0 Å². The van der Waals surface area contributed by atoms with Crippen molar-refractivity contribution >= 4 is 28.2 Å². The van der Waals surface area contributed by atoms with E-state index in [4.69, 9.17) is 9.26 Å². The van der Waals surface area contributed by atoms with Gasteiger partial charge in [-0.15, -0.1) is 11.3 Å². The minimum atomic E-state index is -0.565. The third kappa shape index (κ3) is 4.49. The van der Waals surface area contributed by atoms with Crippen LogP contribution >= 0.6 is 11.3 Å². The number of nitrogens with one attached hydrogen (secondary N) is 1. The molecule has 8 heteroatoms. The largest absolute Gasteiger partial charge is 0.452 e. The third-order valence-electron chi connectivity index (χ3n) is 3.82. The van der Waals surface area contributed by atoms with E-state index in [1.54, 1.807) is 0 Å². The van der Waals surface area contributed by atoms with E-state index in [2.05, 4.69) is 15.5 Å². The summed E-state index contributed by atoms with van der Waals surface area (Å²) in [5.74, 6) is 0.250. The number of hydrogen-bond acceptors (Lipinski definition) is 7. The molecule has 2 heterocycles. The Labute approximate surface area is 157 Å². The lowest BCUT2D eigenvalue weighted by atomic mass is 9.96. The minimum absolute atomic E-state index is 0.112. The predicted octanol–water partition coefficient (Wildman–Crippen LogP) is 4.21. The first-order chi connectivity index (χ1) is 12.0. The summed E-state index contributed by atoms with van der Waals surface area (Å²) < 4.78 is 10.4. The van der Waals surface area contributed by atoms with Crippen LogP contribution in [0.25, 0.3) is 0 Å². The van der Waals surface area contributed by atoms with Gasteiger partial charge in [0, 0.05) is 16.2 Å². The van der Waals surface area contributed by atoms with Crippen molar-refractivity contribution in [1.82, 2.24) is 10.1 Å². The van der Waals surface area contributed by atoms with Crippen LogP contribution < -0.4 is 5.32 Å². The number of amides is 1. The molecule has 0 bridgehead atoms. The zero-order valence-electron chi connectivity index (χ0n) is 16.2. The highest BCUT2D eigenvalue weighted by molar-refractivity contribution is 7.16. The summed E-state index contributed by atoms with van der Waals surface area (Å²) >= 11 is 1.36. The molecule has 26 heavy (non-hydrogen) atoms. The number of aryl methyl sites for hydroxylation is 1. The Morgan fingerprint density at radius 3 is 2.46 bits per heavy atom. The number of rotatable bonds is 5. The Kier molecular flexibility index (Phi) is 5.85. The van der Waals surface area contributed by atoms with Crippen molar-refractivity contribution in [1.29, 1.82) is 0 Å². The Balaban J connectivity index is 2.15. The molecular formula is C18H25N3O4S. The molecule has 0 radical (unpaired) electrons. The number of nitrogens with zero attached hydrogens (tertiary/aromatic N) is 2. The highest BCUT2D eigenvalue weighted by Gasteiger charge is 2.27. The fourth-order valence-corrected chi connectivity index (χ4v) is 3.06. The molecule has 0 unspecified atom stereocenters. The number of hydrogen-bond donors (Lipinski definition) is 1. The molecule has 142 valence electrons. The van der Waals surface area contributed by atoms with Crippen molar-refractivity contribution in [3.8, 4) is 0 Å². The molecule has 1 amide bonds. The topological polar surface area (TPSA) is 94.3 Å². The van der Waals surface area contributed by atoms with Gasteiger partial charge >= 0.3 is 5.97 Å². The first-order valence-electron chi connectivity index (χ1n) is 8.41. The van der Waals surface area contributed by atoms with Gasteiger partial charge in [-0.05, 0) is 19.4 Å². The number of carbonyl (C=O) groups is 2. The van der Waals surface area contributed by atoms with Crippen LogP contribution in [0.15, 0.2) is 4.52 Å². The molecule has 2 aromatic heterocycles. The number of thiophene rings is 1. The number of ether oxygens (including phenoxy) is 1. The average Bonchev–Trinajstić information content (AvgIpc) is 3.10. The summed E-state index contributed by atoms with van der Waals surface area (Å²) in [5, 5.41) is 7.18. The summed E-state index contributed by atoms with van der Waals surface area (Å²) in [6, 6.07) is 0. The van der Waals surface area contributed by atoms with Crippen LogP contribution in [0.2, 0.25) is 0 Å². The van der Waals surface area contributed by atoms with Crippen molar-refractivity contribution in [3.63, 3.8) is 0 Å². The first kappa shape index (κ1) is 20.1. The second-order valence-corrected chi connectivity index (χ2v) is 8.69. The molecule has 2 aromatic rings. The number of aromatic nitrogens is 2. The zero-order chi connectivity index (χ0) is 19.6. The van der Waals surface area contributed by atoms with Gasteiger partial charge in [-0.1, -0.05) is 39.8 Å². The van der Waals surface area contributed by atoms with E-state index in [0.29, 0.717) is 16.4 Å². The van der Waals surface area contributed by atoms with Gasteiger partial charge in [-0.2, -0.15) is 4.98 Å². The van der Waals surface area contributed by atoms with E-state index < -0.39 is 11.4 Å². The Morgan fingerprint density at radius 1 is 1.27 bits per heavy atom. The maximum atomic E-state index is 12.6. The highest BCUT2D eigenvalue weighted by Crippen LogP contribution is 2.34. The summed E-state index contributed by atoms with van der Waals surface area (Å²) in [6.45, 7) is 13.0. The maximum absolute atomic E-state index is 12.6. The Morgan fingerprint density at radius 2 is 1.92 bits per heavy atom. The van der Waals surface area contributed by atoms with Crippen LogP contribution in [0.1, 0.15) is 73.1 Å². The maximum Gasteiger partial charge on any atom is 0.341 e. The quantitative estimate of drug-likeness (QED) is 0.782. The molecule has 1 N–H and O–H groups in total. The van der Waals surface area contributed by atoms with Crippen molar-refractivity contribution < 1.29 is 18.8 Å². The summed E-state index contributed by atoms with van der Waals surface area (Å²) in [6.07, 6.45) is 0. The van der Waals surface area contributed by atoms with E-state index in [9.17, 15) is 9.59 Å². The second-order valence-electron chi connectivity index (χ2n) is 7.47. The first-order valence-corrected chi connectivity index (χ1v) is 9.23. The molecule has 0 aromatic carbocycles. The fourth-order valence-electron chi connectivity index (χ4n) is 2.01. The third-order valence-corrected chi connectivity index (χ3v) is 4.95. The van der Waals surface area contributed by atoms with Gasteiger partial charge in [0.15, 0.2) is 12.4 Å². The molecule has 0 saturated carbocycles. The van der Waals surface area contributed by atoms with E-state index in [0.717, 1.165) is 10.4 Å². The molecule has 7 nitrogen and oxygen atoms in total. The summed E-state index contributed by atoms with van der Waals surface area (Å²) in [4.78, 5) is 30.0. The highest BCUT2D eigenvalue weighted by atomic mass is 32.1. The normalized spacial score (nSPS) is 11.7. The van der Waals surface area contributed by atoms with E-state index in [1.165, 1.54) is 11.3 Å². The van der Waals surface area contributed by atoms with Gasteiger partial charge in [0.2, 0.25) is 5.91 Å². The Hall–Kier alpha value is -2.22. The van der Waals surface area contributed by atoms with Crippen molar-refractivity contribution in [2.45, 2.75) is 61.0 Å². The number of carbonyl (C=O) groups excluding carboxylic acids is 2. The SMILES string of the molecule is Cc1sc(NC(=O)C(C)(C)C)c(C(=O)OCc2nc(C(C)C)no2)c1C. The van der Waals surface area contributed by atoms with Crippen molar-refractivity contribution in [3.05, 3.63) is 27.7 Å². The molecule has 0 aliphatic carbocycles. The number of esters is 1. The lowest BCUT2D eigenvalue weighted by molar-refractivity contribution is -0.123. The minimum Gasteiger partial charge on any atom is -0.452 e. The van der Waals surface area contributed by atoms with Crippen LogP contribution in [-0.2, 0) is 16.1 Å². The van der Waals surface area contributed by atoms with Gasteiger partial charge in [0.25, 0.3) is 5.89 Å². The van der Waals surface area contributed by atoms with Gasteiger partial charge in [-0.3, -0.25) is 4.79 Å². The van der Waals surface area contributed by atoms with Crippen molar-refractivity contribution in [2.75, 3.05) is 5.32 Å². The second kappa shape index (κ2) is 7.57.